The van der Waals surface area contributed by atoms with E-state index in [0.29, 0.717) is 12.0 Å². The molecule has 1 saturated heterocycles. The number of amides is 1. The zero-order valence-electron chi connectivity index (χ0n) is 13.0. The minimum atomic E-state index is 0.0505. The molecule has 1 amide bonds. The van der Waals surface area contributed by atoms with E-state index in [1.807, 2.05) is 12.1 Å². The van der Waals surface area contributed by atoms with E-state index in [-0.39, 0.29) is 5.91 Å². The number of benzene rings is 1. The third-order valence-corrected chi connectivity index (χ3v) is 4.68. The SMILES string of the molecule is CC(C)N1CCC(CNC(=O)c2ccc3c(c2)NCC3)C1. The predicted octanol–water partition coefficient (Wildman–Crippen LogP) is 2.11. The summed E-state index contributed by atoms with van der Waals surface area (Å²) < 4.78 is 0. The fourth-order valence-electron chi connectivity index (χ4n) is 3.27. The number of nitrogens with one attached hydrogen (secondary N) is 2. The molecular formula is C17H25N3O. The average Bonchev–Trinajstić information content (AvgIpc) is 3.12. The molecule has 0 spiro atoms. The van der Waals surface area contributed by atoms with Gasteiger partial charge in [0.2, 0.25) is 0 Å². The van der Waals surface area contributed by atoms with Gasteiger partial charge in [-0.1, -0.05) is 6.07 Å². The highest BCUT2D eigenvalue weighted by Crippen LogP contribution is 2.23. The van der Waals surface area contributed by atoms with Crippen molar-refractivity contribution < 1.29 is 4.79 Å². The first-order chi connectivity index (χ1) is 10.1. The van der Waals surface area contributed by atoms with Crippen LogP contribution < -0.4 is 10.6 Å². The van der Waals surface area contributed by atoms with Crippen LogP contribution in [-0.2, 0) is 6.42 Å². The molecule has 1 unspecified atom stereocenters. The molecule has 4 nitrogen and oxygen atoms in total. The van der Waals surface area contributed by atoms with Crippen molar-refractivity contribution in [1.82, 2.24) is 10.2 Å². The van der Waals surface area contributed by atoms with Gasteiger partial charge in [0.25, 0.3) is 5.91 Å². The molecule has 2 heterocycles. The van der Waals surface area contributed by atoms with Crippen molar-refractivity contribution in [2.75, 3.05) is 31.5 Å². The second-order valence-corrected chi connectivity index (χ2v) is 6.50. The maximum Gasteiger partial charge on any atom is 0.251 e. The zero-order valence-corrected chi connectivity index (χ0v) is 13.0. The number of fused-ring (bicyclic) bond motifs is 1. The Labute approximate surface area is 126 Å². The Balaban J connectivity index is 1.53. The summed E-state index contributed by atoms with van der Waals surface area (Å²) >= 11 is 0. The van der Waals surface area contributed by atoms with E-state index in [1.165, 1.54) is 12.0 Å². The molecule has 2 aliphatic rings. The third-order valence-electron chi connectivity index (χ3n) is 4.68. The first-order valence-electron chi connectivity index (χ1n) is 8.02. The Morgan fingerprint density at radius 1 is 1.48 bits per heavy atom. The summed E-state index contributed by atoms with van der Waals surface area (Å²) in [5.41, 5.74) is 3.20. The first-order valence-corrected chi connectivity index (χ1v) is 8.02. The van der Waals surface area contributed by atoms with Crippen molar-refractivity contribution >= 4 is 11.6 Å². The number of rotatable bonds is 4. The fraction of sp³-hybridized carbons (Fsp3) is 0.588. The molecule has 0 aromatic heterocycles. The molecule has 0 saturated carbocycles. The number of hydrogen-bond acceptors (Lipinski definition) is 3. The van der Waals surface area contributed by atoms with Gasteiger partial charge in [0.05, 0.1) is 0 Å². The van der Waals surface area contributed by atoms with E-state index in [9.17, 15) is 4.79 Å². The van der Waals surface area contributed by atoms with Gasteiger partial charge in [0.15, 0.2) is 0 Å². The maximum absolute atomic E-state index is 12.3. The molecule has 1 fully saturated rings. The van der Waals surface area contributed by atoms with Crippen LogP contribution in [0, 0.1) is 5.92 Å². The van der Waals surface area contributed by atoms with Crippen LogP contribution in [0.4, 0.5) is 5.69 Å². The van der Waals surface area contributed by atoms with Gasteiger partial charge in [-0.2, -0.15) is 0 Å². The average molecular weight is 287 g/mol. The van der Waals surface area contributed by atoms with Crippen molar-refractivity contribution in [3.63, 3.8) is 0 Å². The van der Waals surface area contributed by atoms with E-state index in [1.54, 1.807) is 0 Å². The monoisotopic (exact) mass is 287 g/mol. The van der Waals surface area contributed by atoms with Crippen molar-refractivity contribution in [2.24, 2.45) is 5.92 Å². The van der Waals surface area contributed by atoms with E-state index >= 15 is 0 Å². The first kappa shape index (κ1) is 14.4. The fourth-order valence-corrected chi connectivity index (χ4v) is 3.27. The number of hydrogen-bond donors (Lipinski definition) is 2. The summed E-state index contributed by atoms with van der Waals surface area (Å²) in [6.07, 6.45) is 2.24. The largest absolute Gasteiger partial charge is 0.384 e. The topological polar surface area (TPSA) is 44.4 Å². The van der Waals surface area contributed by atoms with E-state index in [0.717, 1.165) is 43.9 Å². The minimum Gasteiger partial charge on any atom is -0.384 e. The minimum absolute atomic E-state index is 0.0505. The van der Waals surface area contributed by atoms with E-state index in [2.05, 4.69) is 35.4 Å². The van der Waals surface area contributed by atoms with Crippen molar-refractivity contribution in [1.29, 1.82) is 0 Å². The Morgan fingerprint density at radius 3 is 3.10 bits per heavy atom. The van der Waals surface area contributed by atoms with Gasteiger partial charge in [0, 0.05) is 36.9 Å². The van der Waals surface area contributed by atoms with Gasteiger partial charge < -0.3 is 15.5 Å². The van der Waals surface area contributed by atoms with Crippen molar-refractivity contribution in [3.05, 3.63) is 29.3 Å². The molecule has 1 aromatic carbocycles. The number of nitrogens with zero attached hydrogens (tertiary/aromatic N) is 1. The van der Waals surface area contributed by atoms with Crippen LogP contribution in [0.25, 0.3) is 0 Å². The van der Waals surface area contributed by atoms with Gasteiger partial charge >= 0.3 is 0 Å². The van der Waals surface area contributed by atoms with Gasteiger partial charge in [0.1, 0.15) is 0 Å². The Hall–Kier alpha value is -1.55. The number of likely N-dealkylation sites (tertiary alicyclic amines) is 1. The van der Waals surface area contributed by atoms with Crippen LogP contribution >= 0.6 is 0 Å². The Kier molecular flexibility index (Phi) is 4.15. The normalized spacial score (nSPS) is 21.4. The lowest BCUT2D eigenvalue weighted by atomic mass is 10.1. The molecule has 2 N–H and O–H groups in total. The van der Waals surface area contributed by atoms with Gasteiger partial charge in [-0.25, -0.2) is 0 Å². The van der Waals surface area contributed by atoms with E-state index < -0.39 is 0 Å². The number of carbonyl (C=O) groups is 1. The highest BCUT2D eigenvalue weighted by molar-refractivity contribution is 5.95. The number of carbonyl (C=O) groups excluding carboxylic acids is 1. The predicted molar refractivity (Wildman–Crippen MR) is 85.8 cm³/mol. The molecule has 0 bridgehead atoms. The lowest BCUT2D eigenvalue weighted by Crippen LogP contribution is -2.33. The summed E-state index contributed by atoms with van der Waals surface area (Å²) in [6, 6.07) is 6.59. The summed E-state index contributed by atoms with van der Waals surface area (Å²) in [5.74, 6) is 0.637. The summed E-state index contributed by atoms with van der Waals surface area (Å²) in [6.45, 7) is 8.49. The quantitative estimate of drug-likeness (QED) is 0.891. The van der Waals surface area contributed by atoms with Crippen LogP contribution in [0.5, 0.6) is 0 Å². The lowest BCUT2D eigenvalue weighted by molar-refractivity contribution is 0.0947. The van der Waals surface area contributed by atoms with Crippen LogP contribution in [0.3, 0.4) is 0 Å². The molecule has 1 atom stereocenters. The highest BCUT2D eigenvalue weighted by atomic mass is 16.1. The smallest absolute Gasteiger partial charge is 0.251 e. The van der Waals surface area contributed by atoms with Crippen molar-refractivity contribution in [3.8, 4) is 0 Å². The van der Waals surface area contributed by atoms with E-state index in [4.69, 9.17) is 0 Å². The Morgan fingerprint density at radius 2 is 2.33 bits per heavy atom. The molecule has 1 aromatic rings. The summed E-state index contributed by atoms with van der Waals surface area (Å²) in [5, 5.41) is 6.42. The molecule has 0 radical (unpaired) electrons. The summed E-state index contributed by atoms with van der Waals surface area (Å²) in [7, 11) is 0. The molecule has 3 rings (SSSR count). The third kappa shape index (κ3) is 3.21. The molecular weight excluding hydrogens is 262 g/mol. The van der Waals surface area contributed by atoms with Crippen LogP contribution in [-0.4, -0.2) is 43.0 Å². The standard InChI is InChI=1S/C17H25N3O/c1-12(2)20-8-6-13(11-20)10-19-17(21)15-4-3-14-5-7-18-16(14)9-15/h3-4,9,12-13,18H,5-8,10-11H2,1-2H3,(H,19,21). The molecule has 4 heteroatoms. The lowest BCUT2D eigenvalue weighted by Gasteiger charge is -2.20. The molecule has 21 heavy (non-hydrogen) atoms. The van der Waals surface area contributed by atoms with Crippen LogP contribution in [0.1, 0.15) is 36.2 Å². The van der Waals surface area contributed by atoms with Gasteiger partial charge in [-0.3, -0.25) is 4.79 Å². The van der Waals surface area contributed by atoms with Crippen molar-refractivity contribution in [2.45, 2.75) is 32.7 Å². The van der Waals surface area contributed by atoms with Crippen LogP contribution in [0.15, 0.2) is 18.2 Å². The van der Waals surface area contributed by atoms with Gasteiger partial charge in [-0.05, 0) is 56.8 Å². The maximum atomic E-state index is 12.3. The Bertz CT molecular complexity index is 527. The second kappa shape index (κ2) is 6.06. The zero-order chi connectivity index (χ0) is 14.8. The molecule has 2 aliphatic heterocycles. The highest BCUT2D eigenvalue weighted by Gasteiger charge is 2.24. The molecule has 0 aliphatic carbocycles. The summed E-state index contributed by atoms with van der Waals surface area (Å²) in [4.78, 5) is 14.7. The van der Waals surface area contributed by atoms with Crippen LogP contribution in [0.2, 0.25) is 0 Å². The second-order valence-electron chi connectivity index (χ2n) is 6.50. The van der Waals surface area contributed by atoms with Gasteiger partial charge in [-0.15, -0.1) is 0 Å². The molecule has 114 valence electrons. The number of anilines is 1.